The molecular formula is C42H38BrO3P. The molecular weight excluding hydrogens is 663 g/mol. The van der Waals surface area contributed by atoms with Gasteiger partial charge in [0, 0.05) is 0 Å². The summed E-state index contributed by atoms with van der Waals surface area (Å²) in [6.45, 7) is 0.223. The van der Waals surface area contributed by atoms with Crippen molar-refractivity contribution in [2.45, 2.75) is 44.9 Å². The second-order valence-electron chi connectivity index (χ2n) is 12.7. The van der Waals surface area contributed by atoms with Crippen molar-refractivity contribution in [1.29, 1.82) is 0 Å². The van der Waals surface area contributed by atoms with Crippen LogP contribution in [0.2, 0.25) is 0 Å². The second-order valence-corrected chi connectivity index (χ2v) is 21.7. The Kier molecular flexibility index (Phi) is 8.83. The molecule has 236 valence electrons. The first-order valence-electron chi connectivity index (χ1n) is 16.5. The van der Waals surface area contributed by atoms with Crippen molar-refractivity contribution in [2.24, 2.45) is 5.92 Å². The molecule has 5 aromatic rings. The van der Waals surface area contributed by atoms with E-state index in [1.807, 2.05) is 12.1 Å². The summed E-state index contributed by atoms with van der Waals surface area (Å²) in [6, 6.07) is 48.1. The first-order valence-corrected chi connectivity index (χ1v) is 20.9. The van der Waals surface area contributed by atoms with E-state index in [0.717, 1.165) is 37.4 Å². The molecule has 0 heterocycles. The van der Waals surface area contributed by atoms with Crippen LogP contribution in [-0.4, -0.2) is 11.6 Å². The molecule has 2 aliphatic carbocycles. The van der Waals surface area contributed by atoms with Gasteiger partial charge in [0.05, 0.1) is 0 Å². The summed E-state index contributed by atoms with van der Waals surface area (Å²) >= 11 is 4.56. The van der Waals surface area contributed by atoms with Crippen LogP contribution in [0.1, 0.15) is 63.9 Å². The number of carbonyl (C=O) groups excluding carboxylic acids is 2. The van der Waals surface area contributed by atoms with Gasteiger partial charge in [-0.25, -0.2) is 0 Å². The van der Waals surface area contributed by atoms with Gasteiger partial charge in [0.25, 0.3) is 0 Å². The summed E-state index contributed by atoms with van der Waals surface area (Å²) in [5.41, 5.74) is 3.67. The van der Waals surface area contributed by atoms with Crippen LogP contribution >= 0.6 is 20.8 Å². The molecule has 1 saturated carbocycles. The molecule has 47 heavy (non-hydrogen) atoms. The number of fused-ring (bicyclic) bond motifs is 1. The fourth-order valence-corrected chi connectivity index (χ4v) is 15.2. The molecule has 0 saturated heterocycles. The van der Waals surface area contributed by atoms with Crippen LogP contribution in [-0.2, 0) is 17.5 Å². The van der Waals surface area contributed by atoms with E-state index in [1.165, 1.54) is 27.9 Å². The van der Waals surface area contributed by atoms with E-state index in [1.54, 1.807) is 12.1 Å². The van der Waals surface area contributed by atoms with Gasteiger partial charge in [0.2, 0.25) is 0 Å². The summed E-state index contributed by atoms with van der Waals surface area (Å²) in [5.74, 6) is 0.0755. The van der Waals surface area contributed by atoms with Crippen LogP contribution in [0, 0.1) is 5.92 Å². The van der Waals surface area contributed by atoms with Crippen LogP contribution in [0.3, 0.4) is 0 Å². The van der Waals surface area contributed by atoms with Crippen LogP contribution in [0.4, 0.5) is 0 Å². The molecule has 0 aromatic heterocycles. The van der Waals surface area contributed by atoms with E-state index in [0.29, 0.717) is 16.7 Å². The SMILES string of the molecule is O=C1C(OCc2ccc(CP(Br)(c3ccccc3)(c3ccccc3)c3ccccc3)cc2)=C(C2CCCCC2)C(=O)c2ccccc21. The average molecular weight is 702 g/mol. The molecule has 0 spiro atoms. The van der Waals surface area contributed by atoms with Gasteiger partial charge < -0.3 is 0 Å². The van der Waals surface area contributed by atoms with Gasteiger partial charge >= 0.3 is 274 Å². The number of hydrogen-bond acceptors (Lipinski definition) is 3. The van der Waals surface area contributed by atoms with Crippen LogP contribution in [0.25, 0.3) is 0 Å². The topological polar surface area (TPSA) is 43.4 Å². The summed E-state index contributed by atoms with van der Waals surface area (Å²) in [4.78, 5) is 27.5. The Morgan fingerprint density at radius 3 is 1.51 bits per heavy atom. The predicted molar refractivity (Wildman–Crippen MR) is 198 cm³/mol. The van der Waals surface area contributed by atoms with Gasteiger partial charge in [-0.3, -0.25) is 0 Å². The van der Waals surface area contributed by atoms with Crippen LogP contribution in [0.15, 0.2) is 151 Å². The molecule has 0 bridgehead atoms. The van der Waals surface area contributed by atoms with Crippen molar-refractivity contribution in [1.82, 2.24) is 0 Å². The minimum absolute atomic E-state index is 0.0520. The first-order chi connectivity index (χ1) is 23.0. The summed E-state index contributed by atoms with van der Waals surface area (Å²) in [5, 5.41) is 0.672. The van der Waals surface area contributed by atoms with E-state index < -0.39 is 5.31 Å². The van der Waals surface area contributed by atoms with Gasteiger partial charge in [0.1, 0.15) is 0 Å². The fourth-order valence-electron chi connectivity index (χ4n) is 7.45. The third-order valence-corrected chi connectivity index (χ3v) is 19.4. The molecule has 0 aliphatic heterocycles. The maximum absolute atomic E-state index is 13.8. The molecule has 0 amide bonds. The maximum atomic E-state index is 13.8. The number of ketones is 2. The zero-order valence-corrected chi connectivity index (χ0v) is 28.8. The Morgan fingerprint density at radius 1 is 0.553 bits per heavy atom. The van der Waals surface area contributed by atoms with E-state index in [2.05, 4.69) is 131 Å². The van der Waals surface area contributed by atoms with E-state index >= 15 is 0 Å². The monoisotopic (exact) mass is 700 g/mol. The fraction of sp³-hybridized carbons (Fsp3) is 0.190. The third kappa shape index (κ3) is 5.73. The number of hydrogen-bond donors (Lipinski definition) is 0. The Labute approximate surface area is 285 Å². The average Bonchev–Trinajstić information content (AvgIpc) is 3.14. The van der Waals surface area contributed by atoms with Crippen molar-refractivity contribution in [2.75, 3.05) is 0 Å². The number of rotatable bonds is 9. The number of carbonyl (C=O) groups is 2. The van der Waals surface area contributed by atoms with Crippen molar-refractivity contribution in [3.63, 3.8) is 0 Å². The zero-order chi connectivity index (χ0) is 32.3. The van der Waals surface area contributed by atoms with Gasteiger partial charge in [-0.05, 0) is 0 Å². The van der Waals surface area contributed by atoms with Crippen LogP contribution < -0.4 is 15.9 Å². The van der Waals surface area contributed by atoms with Crippen molar-refractivity contribution in [3.8, 4) is 0 Å². The Morgan fingerprint density at radius 2 is 1.00 bits per heavy atom. The standard InChI is InChI=1S/C42H38BrO3P/c43-47(34-17-7-2-8-18-34,35-19-9-3-10-20-35,36-21-11-4-12-22-36)30-32-27-25-31(26-28-32)29-46-42-39(33-15-5-1-6-16-33)40(44)37-23-13-14-24-38(37)41(42)45/h2-4,7-14,17-28,33H,1,5-6,15-16,29-30H2. The second kappa shape index (κ2) is 13.2. The van der Waals surface area contributed by atoms with Crippen LogP contribution in [0.5, 0.6) is 0 Å². The Balaban J connectivity index is 1.22. The third-order valence-electron chi connectivity index (χ3n) is 9.89. The molecule has 7 rings (SSSR count). The molecule has 5 heteroatoms. The molecule has 2 aliphatic rings. The summed E-state index contributed by atoms with van der Waals surface area (Å²) in [6.07, 6.45) is 5.93. The quantitative estimate of drug-likeness (QED) is 0.144. The summed E-state index contributed by atoms with van der Waals surface area (Å²) < 4.78 is 6.35. The van der Waals surface area contributed by atoms with Crippen molar-refractivity contribution >= 4 is 48.3 Å². The number of ether oxygens (including phenoxy) is 1. The van der Waals surface area contributed by atoms with Gasteiger partial charge in [-0.2, -0.15) is 0 Å². The number of allylic oxidation sites excluding steroid dienone is 2. The predicted octanol–water partition coefficient (Wildman–Crippen LogP) is 9.46. The van der Waals surface area contributed by atoms with E-state index in [-0.39, 0.29) is 29.9 Å². The Hall–Kier alpha value is -4.11. The molecule has 3 nitrogen and oxygen atoms in total. The number of Topliss-reactive ketones (excluding diaryl/α,β-unsaturated/α-hetero) is 2. The molecule has 0 unspecified atom stereocenters. The Bertz CT molecular complexity index is 1830. The first kappa shape index (κ1) is 31.5. The van der Waals surface area contributed by atoms with Gasteiger partial charge in [-0.15, -0.1) is 0 Å². The molecule has 0 N–H and O–H groups in total. The molecule has 0 atom stereocenters. The van der Waals surface area contributed by atoms with Gasteiger partial charge in [-0.1, -0.05) is 12.5 Å². The molecule has 5 aromatic carbocycles. The van der Waals surface area contributed by atoms with Crippen molar-refractivity contribution in [3.05, 3.63) is 173 Å². The molecule has 1 fully saturated rings. The normalized spacial score (nSPS) is 16.3. The van der Waals surface area contributed by atoms with Gasteiger partial charge in [0.15, 0.2) is 0 Å². The number of halogens is 1. The zero-order valence-electron chi connectivity index (χ0n) is 26.4. The molecule has 0 radical (unpaired) electrons. The number of benzene rings is 5. The van der Waals surface area contributed by atoms with Crippen molar-refractivity contribution < 1.29 is 14.3 Å². The summed E-state index contributed by atoms with van der Waals surface area (Å²) in [7, 11) is 0. The minimum atomic E-state index is -3.14. The van der Waals surface area contributed by atoms with E-state index in [9.17, 15) is 9.59 Å². The van der Waals surface area contributed by atoms with E-state index in [4.69, 9.17) is 4.74 Å².